The van der Waals surface area contributed by atoms with Crippen LogP contribution in [0.3, 0.4) is 0 Å². The number of alkyl halides is 3. The molecule has 0 radical (unpaired) electrons. The summed E-state index contributed by atoms with van der Waals surface area (Å²) in [7, 11) is -4.04. The van der Waals surface area contributed by atoms with Gasteiger partial charge in [0.15, 0.2) is 0 Å². The zero-order valence-electron chi connectivity index (χ0n) is 16.4. The number of ether oxygens (including phenoxy) is 1. The highest BCUT2D eigenvalue weighted by molar-refractivity contribution is 7.89. The Hall–Kier alpha value is -2.17. The van der Waals surface area contributed by atoms with E-state index < -0.39 is 34.8 Å². The first-order valence-electron chi connectivity index (χ1n) is 9.57. The highest BCUT2D eigenvalue weighted by atomic mass is 32.2. The maximum Gasteiger partial charge on any atom is 0.490 e. The molecule has 10 heteroatoms. The number of carbonyl (C=O) groups excluding carboxylic acids is 1. The molecule has 1 aliphatic rings. The maximum absolute atomic E-state index is 12.8. The molecule has 0 saturated carbocycles. The van der Waals surface area contributed by atoms with Crippen molar-refractivity contribution in [3.05, 3.63) is 42.5 Å². The minimum Gasteiger partial charge on any atom is -0.453 e. The number of rotatable bonds is 7. The van der Waals surface area contributed by atoms with E-state index in [-0.39, 0.29) is 17.5 Å². The molecule has 0 amide bonds. The van der Waals surface area contributed by atoms with E-state index in [0.717, 1.165) is 12.8 Å². The smallest absolute Gasteiger partial charge is 0.453 e. The van der Waals surface area contributed by atoms with Gasteiger partial charge in [-0.3, -0.25) is 4.90 Å². The predicted molar refractivity (Wildman–Crippen MR) is 105 cm³/mol. The molecule has 6 nitrogen and oxygen atoms in total. The second-order valence-corrected chi connectivity index (χ2v) is 9.08. The number of halogens is 3. The topological polar surface area (TPSA) is 75.7 Å². The standard InChI is InChI=1S/C20H23F3N2O4S/c1-14-6-5-11-25(14)13-16(29-19(26)20(21,22)23)12-24-30(27,28)18-10-4-8-15-7-2-3-9-17(15)18/h2-4,7-10,14,16,24H,5-6,11-13H2,1H3/t14?,16-/m0/s1. The Labute approximate surface area is 173 Å². The van der Waals surface area contributed by atoms with Crippen LogP contribution in [0.1, 0.15) is 19.8 Å². The Morgan fingerprint density at radius 3 is 2.60 bits per heavy atom. The first-order valence-corrected chi connectivity index (χ1v) is 11.1. The largest absolute Gasteiger partial charge is 0.490 e. The van der Waals surface area contributed by atoms with Crippen molar-refractivity contribution in [2.75, 3.05) is 19.6 Å². The fraction of sp³-hybridized carbons (Fsp3) is 0.450. The van der Waals surface area contributed by atoms with Gasteiger partial charge in [-0.1, -0.05) is 36.4 Å². The van der Waals surface area contributed by atoms with Gasteiger partial charge in [-0.2, -0.15) is 13.2 Å². The number of benzene rings is 2. The van der Waals surface area contributed by atoms with Crippen molar-refractivity contribution < 1.29 is 31.1 Å². The van der Waals surface area contributed by atoms with Gasteiger partial charge >= 0.3 is 12.1 Å². The number of likely N-dealkylation sites (tertiary alicyclic amines) is 1. The summed E-state index contributed by atoms with van der Waals surface area (Å²) in [5.41, 5.74) is 0. The van der Waals surface area contributed by atoms with Crippen LogP contribution < -0.4 is 4.72 Å². The number of nitrogens with one attached hydrogen (secondary N) is 1. The molecule has 1 unspecified atom stereocenters. The Bertz CT molecular complexity index is 1010. The molecule has 1 N–H and O–H groups in total. The van der Waals surface area contributed by atoms with Crippen LogP contribution in [0.4, 0.5) is 13.2 Å². The lowest BCUT2D eigenvalue weighted by Crippen LogP contribution is -2.45. The molecule has 2 aromatic carbocycles. The molecule has 1 heterocycles. The quantitative estimate of drug-likeness (QED) is 0.665. The summed E-state index contributed by atoms with van der Waals surface area (Å²) in [6, 6.07) is 11.8. The van der Waals surface area contributed by atoms with Crippen molar-refractivity contribution in [3.63, 3.8) is 0 Å². The molecule has 0 spiro atoms. The molecule has 1 aliphatic heterocycles. The summed E-state index contributed by atoms with van der Waals surface area (Å²) in [5, 5.41) is 1.20. The van der Waals surface area contributed by atoms with Crippen molar-refractivity contribution >= 4 is 26.8 Å². The summed E-state index contributed by atoms with van der Waals surface area (Å²) >= 11 is 0. The number of nitrogens with zero attached hydrogens (tertiary/aromatic N) is 1. The predicted octanol–water partition coefficient (Wildman–Crippen LogP) is 3.08. The van der Waals surface area contributed by atoms with Gasteiger partial charge < -0.3 is 4.74 Å². The fourth-order valence-electron chi connectivity index (χ4n) is 3.60. The number of fused-ring (bicyclic) bond motifs is 1. The second kappa shape index (κ2) is 8.91. The molecule has 1 saturated heterocycles. The molecule has 0 bridgehead atoms. The molecule has 2 atom stereocenters. The second-order valence-electron chi connectivity index (χ2n) is 7.34. The van der Waals surface area contributed by atoms with Gasteiger partial charge in [0.1, 0.15) is 6.10 Å². The number of hydrogen-bond acceptors (Lipinski definition) is 5. The van der Waals surface area contributed by atoms with E-state index in [9.17, 15) is 26.4 Å². The molecule has 0 aromatic heterocycles. The Kier molecular flexibility index (Phi) is 6.68. The van der Waals surface area contributed by atoms with Crippen LogP contribution in [0, 0.1) is 0 Å². The van der Waals surface area contributed by atoms with Crippen LogP contribution in [-0.4, -0.2) is 57.2 Å². The van der Waals surface area contributed by atoms with Crippen molar-refractivity contribution in [3.8, 4) is 0 Å². The summed E-state index contributed by atoms with van der Waals surface area (Å²) in [6.07, 6.45) is -4.67. The summed E-state index contributed by atoms with van der Waals surface area (Å²) in [4.78, 5) is 13.3. The zero-order chi connectivity index (χ0) is 21.9. The number of esters is 1. The van der Waals surface area contributed by atoms with Crippen LogP contribution >= 0.6 is 0 Å². The van der Waals surface area contributed by atoms with Crippen LogP contribution in [0.2, 0.25) is 0 Å². The zero-order valence-corrected chi connectivity index (χ0v) is 17.2. The SMILES string of the molecule is CC1CCCN1C[C@H](CNS(=O)(=O)c1cccc2ccccc12)OC(=O)C(F)(F)F. The van der Waals surface area contributed by atoms with E-state index in [2.05, 4.69) is 9.46 Å². The van der Waals surface area contributed by atoms with E-state index in [0.29, 0.717) is 17.3 Å². The van der Waals surface area contributed by atoms with Gasteiger partial charge in [-0.05, 0) is 37.8 Å². The lowest BCUT2D eigenvalue weighted by atomic mass is 10.1. The first kappa shape index (κ1) is 22.5. The summed E-state index contributed by atoms with van der Waals surface area (Å²) in [6.45, 7) is 2.13. The van der Waals surface area contributed by atoms with E-state index in [4.69, 9.17) is 0 Å². The van der Waals surface area contributed by atoms with E-state index in [1.807, 2.05) is 11.8 Å². The van der Waals surface area contributed by atoms with Crippen molar-refractivity contribution in [1.82, 2.24) is 9.62 Å². The average molecular weight is 444 g/mol. The van der Waals surface area contributed by atoms with E-state index in [1.165, 1.54) is 6.07 Å². The fourth-order valence-corrected chi connectivity index (χ4v) is 4.89. The van der Waals surface area contributed by atoms with Crippen molar-refractivity contribution in [2.24, 2.45) is 0 Å². The average Bonchev–Trinajstić information content (AvgIpc) is 3.09. The molecule has 2 aromatic rings. The highest BCUT2D eigenvalue weighted by Crippen LogP contribution is 2.24. The summed E-state index contributed by atoms with van der Waals surface area (Å²) < 4.78 is 70.7. The summed E-state index contributed by atoms with van der Waals surface area (Å²) in [5.74, 6) is -2.33. The minimum absolute atomic E-state index is 0.0102. The molecule has 1 fully saturated rings. The highest BCUT2D eigenvalue weighted by Gasteiger charge is 2.43. The molecule has 0 aliphatic carbocycles. The van der Waals surface area contributed by atoms with Gasteiger partial charge in [-0.25, -0.2) is 17.9 Å². The third-order valence-corrected chi connectivity index (χ3v) is 6.66. The molecule has 164 valence electrons. The van der Waals surface area contributed by atoms with Gasteiger partial charge in [0.2, 0.25) is 10.0 Å². The molecular formula is C20H23F3N2O4S. The maximum atomic E-state index is 12.8. The molecule has 30 heavy (non-hydrogen) atoms. The Balaban J connectivity index is 1.78. The van der Waals surface area contributed by atoms with Crippen molar-refractivity contribution in [1.29, 1.82) is 0 Å². The molecular weight excluding hydrogens is 421 g/mol. The number of sulfonamides is 1. The van der Waals surface area contributed by atoms with Gasteiger partial charge in [0, 0.05) is 24.5 Å². The van der Waals surface area contributed by atoms with Crippen LogP contribution in [0.5, 0.6) is 0 Å². The number of hydrogen-bond donors (Lipinski definition) is 1. The lowest BCUT2D eigenvalue weighted by Gasteiger charge is -2.27. The van der Waals surface area contributed by atoms with Gasteiger partial charge in [0.25, 0.3) is 0 Å². The normalized spacial score (nSPS) is 19.1. The third kappa shape index (κ3) is 5.30. The molecule has 3 rings (SSSR count). The van der Waals surface area contributed by atoms with Crippen LogP contribution in [-0.2, 0) is 19.6 Å². The van der Waals surface area contributed by atoms with E-state index >= 15 is 0 Å². The van der Waals surface area contributed by atoms with Crippen molar-refractivity contribution in [2.45, 2.75) is 43.0 Å². The number of carbonyl (C=O) groups is 1. The first-order chi connectivity index (χ1) is 14.1. The third-order valence-electron chi connectivity index (χ3n) is 5.17. The van der Waals surface area contributed by atoms with Gasteiger partial charge in [-0.15, -0.1) is 0 Å². The van der Waals surface area contributed by atoms with Crippen LogP contribution in [0.15, 0.2) is 47.4 Å². The van der Waals surface area contributed by atoms with Crippen LogP contribution in [0.25, 0.3) is 10.8 Å². The van der Waals surface area contributed by atoms with Gasteiger partial charge in [0.05, 0.1) is 4.90 Å². The Morgan fingerprint density at radius 2 is 1.93 bits per heavy atom. The monoisotopic (exact) mass is 444 g/mol. The lowest BCUT2D eigenvalue weighted by molar-refractivity contribution is -0.205. The minimum atomic E-state index is -5.15. The van der Waals surface area contributed by atoms with E-state index in [1.54, 1.807) is 36.4 Å². The Morgan fingerprint density at radius 1 is 1.23 bits per heavy atom.